The summed E-state index contributed by atoms with van der Waals surface area (Å²) in [5, 5.41) is 0. The Kier molecular flexibility index (Phi) is 4.04. The molecule has 1 aliphatic heterocycles. The predicted octanol–water partition coefficient (Wildman–Crippen LogP) is 3.10. The third-order valence-electron chi connectivity index (χ3n) is 3.37. The molecule has 1 saturated heterocycles. The predicted molar refractivity (Wildman–Crippen MR) is 69.4 cm³/mol. The van der Waals surface area contributed by atoms with E-state index in [9.17, 15) is 8.78 Å². The van der Waals surface area contributed by atoms with E-state index in [2.05, 4.69) is 6.58 Å². The summed E-state index contributed by atoms with van der Waals surface area (Å²) in [6.45, 7) is 4.46. The molecule has 0 radical (unpaired) electrons. The molecular weight excluding hydrogens is 252 g/mol. The Balaban J connectivity index is 2.27. The van der Waals surface area contributed by atoms with E-state index in [1.807, 2.05) is 0 Å². The summed E-state index contributed by atoms with van der Waals surface area (Å²) in [5.41, 5.74) is 0.916. The van der Waals surface area contributed by atoms with Crippen LogP contribution in [0.5, 0.6) is 5.75 Å². The van der Waals surface area contributed by atoms with Gasteiger partial charge in [-0.3, -0.25) is 0 Å². The highest BCUT2D eigenvalue weighted by atomic mass is 19.1. The Morgan fingerprint density at radius 3 is 2.58 bits per heavy atom. The Morgan fingerprint density at radius 1 is 1.26 bits per heavy atom. The van der Waals surface area contributed by atoms with Gasteiger partial charge in [0.05, 0.1) is 18.9 Å². The number of nitrogens with zero attached hydrogens (tertiary/aromatic N) is 1. The summed E-state index contributed by atoms with van der Waals surface area (Å²) in [6, 6.07) is 2.20. The lowest BCUT2D eigenvalue weighted by Gasteiger charge is -2.35. The molecule has 1 heterocycles. The molecule has 1 aliphatic rings. The molecule has 0 saturated carbocycles. The zero-order chi connectivity index (χ0) is 14.0. The Morgan fingerprint density at radius 2 is 2.00 bits per heavy atom. The second-order valence-corrected chi connectivity index (χ2v) is 4.51. The molecule has 2 rings (SSSR count). The topological polar surface area (TPSA) is 21.7 Å². The van der Waals surface area contributed by atoms with Crippen molar-refractivity contribution in [1.29, 1.82) is 0 Å². The molecule has 1 unspecified atom stereocenters. The maximum atomic E-state index is 14.0. The van der Waals surface area contributed by atoms with Crippen molar-refractivity contribution >= 4 is 5.69 Å². The summed E-state index contributed by atoms with van der Waals surface area (Å²) in [4.78, 5) is 1.69. The summed E-state index contributed by atoms with van der Waals surface area (Å²) in [6.07, 6.45) is 1.46. The largest absolute Gasteiger partial charge is 0.494 e. The van der Waals surface area contributed by atoms with E-state index in [4.69, 9.17) is 9.47 Å². The minimum absolute atomic E-state index is 0.0925. The van der Waals surface area contributed by atoms with Crippen LogP contribution in [0.2, 0.25) is 0 Å². The monoisotopic (exact) mass is 269 g/mol. The molecule has 1 atom stereocenters. The molecule has 3 nitrogen and oxygen atoms in total. The van der Waals surface area contributed by atoms with Crippen LogP contribution in [-0.2, 0) is 4.74 Å². The Labute approximate surface area is 111 Å². The van der Waals surface area contributed by atoms with Gasteiger partial charge in [-0.1, -0.05) is 6.58 Å². The normalized spacial score (nSPS) is 19.7. The highest BCUT2D eigenvalue weighted by Gasteiger charge is 2.25. The molecule has 0 aliphatic carbocycles. The van der Waals surface area contributed by atoms with Gasteiger partial charge in [-0.2, -0.15) is 0 Å². The van der Waals surface area contributed by atoms with Gasteiger partial charge in [0.15, 0.2) is 17.4 Å². The first-order chi connectivity index (χ1) is 9.06. The van der Waals surface area contributed by atoms with Crippen molar-refractivity contribution in [2.75, 3.05) is 25.7 Å². The summed E-state index contributed by atoms with van der Waals surface area (Å²) >= 11 is 0. The number of hydrogen-bond acceptors (Lipinski definition) is 3. The Hall–Kier alpha value is -1.62. The first-order valence-corrected chi connectivity index (χ1v) is 6.08. The second kappa shape index (κ2) is 5.57. The quantitative estimate of drug-likeness (QED) is 0.841. The molecule has 1 fully saturated rings. The third kappa shape index (κ3) is 2.71. The van der Waals surface area contributed by atoms with Crippen LogP contribution >= 0.6 is 0 Å². The van der Waals surface area contributed by atoms with E-state index in [1.54, 1.807) is 12.0 Å². The van der Waals surface area contributed by atoms with Gasteiger partial charge in [0.2, 0.25) is 0 Å². The van der Waals surface area contributed by atoms with Crippen LogP contribution in [0.4, 0.5) is 14.5 Å². The van der Waals surface area contributed by atoms with Crippen LogP contribution < -0.4 is 9.64 Å². The van der Waals surface area contributed by atoms with E-state index < -0.39 is 11.6 Å². The fraction of sp³-hybridized carbons (Fsp3) is 0.429. The fourth-order valence-electron chi connectivity index (χ4n) is 2.28. The molecule has 104 valence electrons. The Bertz CT molecular complexity index is 491. The van der Waals surface area contributed by atoms with E-state index in [-0.39, 0.29) is 17.5 Å². The zero-order valence-electron chi connectivity index (χ0n) is 11.1. The minimum Gasteiger partial charge on any atom is -0.494 e. The number of benzene rings is 1. The van der Waals surface area contributed by atoms with Crippen molar-refractivity contribution < 1.29 is 18.3 Å². The lowest BCUT2D eigenvalue weighted by atomic mass is 10.0. The SMILES string of the molecule is C=C1CC(OC)CCN1c1cc(F)c(OC)cc1F. The van der Waals surface area contributed by atoms with Gasteiger partial charge in [-0.05, 0) is 6.42 Å². The minimum atomic E-state index is -0.583. The molecule has 0 bridgehead atoms. The molecular formula is C14H17F2NO2. The number of hydrogen-bond donors (Lipinski definition) is 0. The van der Waals surface area contributed by atoms with Crippen LogP contribution in [0.25, 0.3) is 0 Å². The molecule has 0 aromatic heterocycles. The van der Waals surface area contributed by atoms with Gasteiger partial charge in [-0.15, -0.1) is 0 Å². The van der Waals surface area contributed by atoms with Crippen LogP contribution in [0, 0.1) is 11.6 Å². The number of anilines is 1. The molecule has 5 heteroatoms. The fourth-order valence-corrected chi connectivity index (χ4v) is 2.28. The van der Waals surface area contributed by atoms with Gasteiger partial charge < -0.3 is 14.4 Å². The lowest BCUT2D eigenvalue weighted by Crippen LogP contribution is -2.35. The van der Waals surface area contributed by atoms with Gasteiger partial charge in [0.25, 0.3) is 0 Å². The lowest BCUT2D eigenvalue weighted by molar-refractivity contribution is 0.0899. The van der Waals surface area contributed by atoms with Crippen molar-refractivity contribution in [2.24, 2.45) is 0 Å². The van der Waals surface area contributed by atoms with Gasteiger partial charge >= 0.3 is 0 Å². The standard InChI is InChI=1S/C14H17F2NO2/c1-9-6-10(18-2)4-5-17(9)13-7-12(16)14(19-3)8-11(13)15/h7-8,10H,1,4-6H2,2-3H3. The van der Waals surface area contributed by atoms with E-state index in [0.29, 0.717) is 13.0 Å². The van der Waals surface area contributed by atoms with E-state index in [1.165, 1.54) is 7.11 Å². The second-order valence-electron chi connectivity index (χ2n) is 4.51. The van der Waals surface area contributed by atoms with Crippen molar-refractivity contribution in [3.63, 3.8) is 0 Å². The zero-order valence-corrected chi connectivity index (χ0v) is 11.1. The van der Waals surface area contributed by atoms with Crippen LogP contribution in [0.1, 0.15) is 12.8 Å². The number of halogens is 2. The first kappa shape index (κ1) is 13.8. The first-order valence-electron chi connectivity index (χ1n) is 6.08. The van der Waals surface area contributed by atoms with Crippen molar-refractivity contribution in [1.82, 2.24) is 0 Å². The molecule has 1 aromatic rings. The molecule has 0 amide bonds. The summed E-state index contributed by atoms with van der Waals surface area (Å²) in [5.74, 6) is -1.20. The number of rotatable bonds is 3. The smallest absolute Gasteiger partial charge is 0.167 e. The average Bonchev–Trinajstić information content (AvgIpc) is 2.41. The van der Waals surface area contributed by atoms with Gasteiger partial charge in [0, 0.05) is 37.9 Å². The van der Waals surface area contributed by atoms with Crippen molar-refractivity contribution in [3.8, 4) is 5.75 Å². The van der Waals surface area contributed by atoms with Crippen molar-refractivity contribution in [3.05, 3.63) is 36.0 Å². The number of ether oxygens (including phenoxy) is 2. The van der Waals surface area contributed by atoms with E-state index >= 15 is 0 Å². The van der Waals surface area contributed by atoms with Crippen LogP contribution in [0.15, 0.2) is 24.4 Å². The summed E-state index contributed by atoms with van der Waals surface area (Å²) < 4.78 is 37.7. The van der Waals surface area contributed by atoms with Crippen molar-refractivity contribution in [2.45, 2.75) is 18.9 Å². The summed E-state index contributed by atoms with van der Waals surface area (Å²) in [7, 11) is 2.95. The van der Waals surface area contributed by atoms with Gasteiger partial charge in [-0.25, -0.2) is 8.78 Å². The van der Waals surface area contributed by atoms with Gasteiger partial charge in [0.1, 0.15) is 0 Å². The van der Waals surface area contributed by atoms with Crippen LogP contribution in [-0.4, -0.2) is 26.9 Å². The highest BCUT2D eigenvalue weighted by Crippen LogP contribution is 2.33. The highest BCUT2D eigenvalue weighted by molar-refractivity contribution is 5.56. The molecule has 0 spiro atoms. The van der Waals surface area contributed by atoms with E-state index in [0.717, 1.165) is 24.3 Å². The molecule has 19 heavy (non-hydrogen) atoms. The number of piperidine rings is 1. The number of methoxy groups -OCH3 is 2. The molecule has 1 aromatic carbocycles. The third-order valence-corrected chi connectivity index (χ3v) is 3.37. The maximum absolute atomic E-state index is 14.0. The molecule has 0 N–H and O–H groups in total. The average molecular weight is 269 g/mol. The van der Waals surface area contributed by atoms with Crippen LogP contribution in [0.3, 0.4) is 0 Å². The maximum Gasteiger partial charge on any atom is 0.167 e.